The number of halogens is 1. The van der Waals surface area contributed by atoms with Crippen LogP contribution in [0.5, 0.6) is 0 Å². The molecule has 0 saturated heterocycles. The van der Waals surface area contributed by atoms with E-state index >= 15 is 0 Å². The van der Waals surface area contributed by atoms with Crippen LogP contribution < -0.4 is 11.0 Å². The third kappa shape index (κ3) is 3.09. The van der Waals surface area contributed by atoms with Crippen LogP contribution in [0.25, 0.3) is 11.1 Å². The lowest BCUT2D eigenvalue weighted by Gasteiger charge is -2.06. The molecule has 0 spiro atoms. The summed E-state index contributed by atoms with van der Waals surface area (Å²) in [5, 5.41) is 14.1. The number of rotatable bonds is 4. The topological polar surface area (TPSA) is 97.6 Å². The summed E-state index contributed by atoms with van der Waals surface area (Å²) >= 11 is 6.03. The van der Waals surface area contributed by atoms with Crippen molar-refractivity contribution in [3.8, 4) is 11.1 Å². The van der Waals surface area contributed by atoms with Crippen LogP contribution in [0, 0.1) is 6.92 Å². The molecule has 124 valence electrons. The lowest BCUT2D eigenvalue weighted by Crippen LogP contribution is -2.29. The molecule has 3 rings (SSSR count). The first-order chi connectivity index (χ1) is 11.5. The van der Waals surface area contributed by atoms with Crippen LogP contribution in [0.15, 0.2) is 35.4 Å². The fourth-order valence-corrected chi connectivity index (χ4v) is 2.54. The molecular formula is C15H15ClN6O2. The number of hydrogen-bond acceptors (Lipinski definition) is 4. The van der Waals surface area contributed by atoms with E-state index in [4.69, 9.17) is 11.6 Å². The molecule has 24 heavy (non-hydrogen) atoms. The van der Waals surface area contributed by atoms with E-state index in [0.29, 0.717) is 10.8 Å². The smallest absolute Gasteiger partial charge is 0.307 e. The van der Waals surface area contributed by atoms with E-state index in [2.05, 4.69) is 20.6 Å². The molecule has 0 aliphatic rings. The molecule has 3 aromatic rings. The number of amides is 1. The van der Waals surface area contributed by atoms with Crippen LogP contribution in [0.2, 0.25) is 5.02 Å². The number of nitrogens with zero attached hydrogens (tertiary/aromatic N) is 4. The first-order valence-electron chi connectivity index (χ1n) is 7.15. The van der Waals surface area contributed by atoms with E-state index in [-0.39, 0.29) is 12.2 Å². The number of nitrogens with one attached hydrogen (secondary N) is 2. The SMILES string of the molecule is Cc1[nH]nc(NC(=O)Cn2ncn(C)c2=O)c1-c1cccc(Cl)c1. The molecule has 2 N–H and O–H groups in total. The molecule has 0 saturated carbocycles. The lowest BCUT2D eigenvalue weighted by atomic mass is 10.1. The number of aromatic nitrogens is 5. The molecular weight excluding hydrogens is 332 g/mol. The number of carbonyl (C=O) groups excluding carboxylic acids is 1. The fraction of sp³-hybridized carbons (Fsp3) is 0.200. The molecule has 2 heterocycles. The Hall–Kier alpha value is -2.87. The molecule has 0 unspecified atom stereocenters. The van der Waals surface area contributed by atoms with Crippen molar-refractivity contribution in [3.05, 3.63) is 51.8 Å². The van der Waals surface area contributed by atoms with Gasteiger partial charge in [-0.1, -0.05) is 23.7 Å². The highest BCUT2D eigenvalue weighted by Gasteiger charge is 2.16. The highest BCUT2D eigenvalue weighted by molar-refractivity contribution is 6.30. The zero-order valence-corrected chi connectivity index (χ0v) is 13.8. The number of aryl methyl sites for hydroxylation is 2. The maximum absolute atomic E-state index is 12.2. The van der Waals surface area contributed by atoms with Crippen molar-refractivity contribution in [1.29, 1.82) is 0 Å². The minimum Gasteiger partial charge on any atom is -0.307 e. The van der Waals surface area contributed by atoms with Gasteiger partial charge in [-0.2, -0.15) is 10.2 Å². The highest BCUT2D eigenvalue weighted by Crippen LogP contribution is 2.30. The quantitative estimate of drug-likeness (QED) is 0.749. The van der Waals surface area contributed by atoms with Crippen molar-refractivity contribution in [2.75, 3.05) is 5.32 Å². The Morgan fingerprint density at radius 2 is 2.21 bits per heavy atom. The summed E-state index contributed by atoms with van der Waals surface area (Å²) in [7, 11) is 1.57. The Balaban J connectivity index is 1.85. The molecule has 1 amide bonds. The Kier molecular flexibility index (Phi) is 4.22. The van der Waals surface area contributed by atoms with Crippen LogP contribution in [0.1, 0.15) is 5.69 Å². The molecule has 0 radical (unpaired) electrons. The number of aromatic amines is 1. The predicted molar refractivity (Wildman–Crippen MR) is 89.9 cm³/mol. The van der Waals surface area contributed by atoms with Crippen LogP contribution in [0.4, 0.5) is 5.82 Å². The molecule has 0 fully saturated rings. The van der Waals surface area contributed by atoms with Crippen LogP contribution in [-0.4, -0.2) is 30.5 Å². The van der Waals surface area contributed by atoms with Crippen molar-refractivity contribution in [2.24, 2.45) is 7.05 Å². The van der Waals surface area contributed by atoms with Gasteiger partial charge in [-0.05, 0) is 24.6 Å². The van der Waals surface area contributed by atoms with Gasteiger partial charge in [-0.15, -0.1) is 0 Å². The average molecular weight is 347 g/mol. The molecule has 0 atom stereocenters. The predicted octanol–water partition coefficient (Wildman–Crippen LogP) is 1.57. The summed E-state index contributed by atoms with van der Waals surface area (Å²) < 4.78 is 2.37. The number of H-pyrrole nitrogens is 1. The van der Waals surface area contributed by atoms with Crippen molar-refractivity contribution < 1.29 is 4.79 Å². The largest absolute Gasteiger partial charge is 0.345 e. The summed E-state index contributed by atoms with van der Waals surface area (Å²) in [6.07, 6.45) is 1.35. The van der Waals surface area contributed by atoms with E-state index in [1.807, 2.05) is 19.1 Å². The van der Waals surface area contributed by atoms with Crippen LogP contribution >= 0.6 is 11.6 Å². The summed E-state index contributed by atoms with van der Waals surface area (Å²) in [6, 6.07) is 7.26. The summed E-state index contributed by atoms with van der Waals surface area (Å²) in [6.45, 7) is 1.66. The van der Waals surface area contributed by atoms with Crippen molar-refractivity contribution in [2.45, 2.75) is 13.5 Å². The van der Waals surface area contributed by atoms with Crippen LogP contribution in [0.3, 0.4) is 0 Å². The summed E-state index contributed by atoms with van der Waals surface area (Å²) in [5.41, 5.74) is 2.01. The minimum absolute atomic E-state index is 0.194. The lowest BCUT2D eigenvalue weighted by molar-refractivity contribution is -0.117. The monoisotopic (exact) mass is 346 g/mol. The maximum Gasteiger partial charge on any atom is 0.345 e. The molecule has 1 aromatic carbocycles. The second kappa shape index (κ2) is 6.32. The van der Waals surface area contributed by atoms with Gasteiger partial charge in [-0.3, -0.25) is 14.5 Å². The second-order valence-corrected chi connectivity index (χ2v) is 5.75. The third-order valence-corrected chi connectivity index (χ3v) is 3.73. The minimum atomic E-state index is -0.398. The molecule has 2 aromatic heterocycles. The van der Waals surface area contributed by atoms with Gasteiger partial charge in [0.05, 0.1) is 0 Å². The number of benzene rings is 1. The Morgan fingerprint density at radius 1 is 1.42 bits per heavy atom. The van der Waals surface area contributed by atoms with E-state index in [1.54, 1.807) is 19.2 Å². The Morgan fingerprint density at radius 3 is 2.88 bits per heavy atom. The van der Waals surface area contributed by atoms with Gasteiger partial charge < -0.3 is 5.32 Å². The van der Waals surface area contributed by atoms with Gasteiger partial charge >= 0.3 is 5.69 Å². The molecule has 0 aliphatic carbocycles. The van der Waals surface area contributed by atoms with Gasteiger partial charge in [-0.25, -0.2) is 9.48 Å². The van der Waals surface area contributed by atoms with E-state index in [1.165, 1.54) is 10.9 Å². The van der Waals surface area contributed by atoms with Gasteiger partial charge in [0, 0.05) is 23.3 Å². The second-order valence-electron chi connectivity index (χ2n) is 5.31. The number of hydrogen-bond donors (Lipinski definition) is 2. The van der Waals surface area contributed by atoms with Crippen molar-refractivity contribution in [3.63, 3.8) is 0 Å². The van der Waals surface area contributed by atoms with Gasteiger partial charge in [0.1, 0.15) is 12.9 Å². The highest BCUT2D eigenvalue weighted by atomic mass is 35.5. The molecule has 0 aliphatic heterocycles. The summed E-state index contributed by atoms with van der Waals surface area (Å²) in [5.74, 6) is -0.0191. The number of anilines is 1. The number of carbonyl (C=O) groups is 1. The molecule has 8 nitrogen and oxygen atoms in total. The van der Waals surface area contributed by atoms with E-state index in [9.17, 15) is 9.59 Å². The van der Waals surface area contributed by atoms with Gasteiger partial charge in [0.25, 0.3) is 0 Å². The van der Waals surface area contributed by atoms with Crippen molar-refractivity contribution >= 4 is 23.3 Å². The van der Waals surface area contributed by atoms with Gasteiger partial charge in [0.15, 0.2) is 5.82 Å². The normalized spacial score (nSPS) is 10.8. The Labute approximate surface area is 142 Å². The third-order valence-electron chi connectivity index (χ3n) is 3.50. The standard InChI is InChI=1S/C15H15ClN6O2/c1-9-13(10-4-3-5-11(16)6-10)14(20-19-9)18-12(23)7-22-15(24)21(2)8-17-22/h3-6,8H,7H2,1-2H3,(H2,18,19,20,23). The fourth-order valence-electron chi connectivity index (χ4n) is 2.35. The van der Waals surface area contributed by atoms with Gasteiger partial charge in [0.2, 0.25) is 5.91 Å². The van der Waals surface area contributed by atoms with E-state index < -0.39 is 5.91 Å². The molecule has 9 heteroatoms. The summed E-state index contributed by atoms with van der Waals surface area (Å²) in [4.78, 5) is 23.9. The first-order valence-corrected chi connectivity index (χ1v) is 7.52. The molecule has 0 bridgehead atoms. The zero-order chi connectivity index (χ0) is 17.3. The maximum atomic E-state index is 12.2. The Bertz CT molecular complexity index is 955. The first kappa shape index (κ1) is 16.0. The van der Waals surface area contributed by atoms with E-state index in [0.717, 1.165) is 21.5 Å². The van der Waals surface area contributed by atoms with Crippen molar-refractivity contribution in [1.82, 2.24) is 24.5 Å². The zero-order valence-electron chi connectivity index (χ0n) is 13.1. The van der Waals surface area contributed by atoms with Crippen LogP contribution in [-0.2, 0) is 18.4 Å². The average Bonchev–Trinajstić information content (AvgIpc) is 3.04.